The van der Waals surface area contributed by atoms with Crippen LogP contribution in [0.5, 0.6) is 11.6 Å². The molecule has 182 valence electrons. The Kier molecular flexibility index (Phi) is 6.80. The second-order valence-corrected chi connectivity index (χ2v) is 8.93. The van der Waals surface area contributed by atoms with Crippen LogP contribution >= 0.6 is 0 Å². The quantitative estimate of drug-likeness (QED) is 0.378. The molecular formula is C29H29N5O2. The molecule has 1 aromatic heterocycles. The summed E-state index contributed by atoms with van der Waals surface area (Å²) in [6.07, 6.45) is 0.621. The predicted octanol–water partition coefficient (Wildman–Crippen LogP) is 5.80. The summed E-state index contributed by atoms with van der Waals surface area (Å²) >= 11 is 0. The number of rotatable bonds is 6. The molecule has 0 fully saturated rings. The maximum atomic E-state index is 13.0. The van der Waals surface area contributed by atoms with Crippen molar-refractivity contribution in [2.45, 2.75) is 26.4 Å². The highest BCUT2D eigenvalue weighted by molar-refractivity contribution is 5.89. The molecule has 36 heavy (non-hydrogen) atoms. The van der Waals surface area contributed by atoms with Crippen LogP contribution in [-0.4, -0.2) is 34.5 Å². The lowest BCUT2D eigenvalue weighted by Gasteiger charge is -2.30. The minimum absolute atomic E-state index is 0.154. The third kappa shape index (κ3) is 5.30. The van der Waals surface area contributed by atoms with E-state index in [4.69, 9.17) is 14.7 Å². The first-order chi connectivity index (χ1) is 17.6. The minimum atomic E-state index is -0.154. The van der Waals surface area contributed by atoms with E-state index in [1.54, 1.807) is 4.90 Å². The largest absolute Gasteiger partial charge is 0.438 e. The third-order valence-electron chi connectivity index (χ3n) is 6.23. The Morgan fingerprint density at radius 2 is 1.67 bits per heavy atom. The summed E-state index contributed by atoms with van der Waals surface area (Å²) in [7, 11) is 1.98. The van der Waals surface area contributed by atoms with E-state index in [1.165, 1.54) is 5.56 Å². The number of anilines is 2. The van der Waals surface area contributed by atoms with Crippen molar-refractivity contribution in [1.82, 2.24) is 14.9 Å². The lowest BCUT2D eigenvalue weighted by molar-refractivity contribution is 0.205. The van der Waals surface area contributed by atoms with E-state index in [1.807, 2.05) is 91.7 Å². The Hall–Kier alpha value is -4.39. The first kappa shape index (κ1) is 23.4. The van der Waals surface area contributed by atoms with E-state index in [0.29, 0.717) is 37.9 Å². The molecule has 0 radical (unpaired) electrons. The number of nitrogens with one attached hydrogen (secondary N) is 1. The Labute approximate surface area is 211 Å². The number of ether oxygens (including phenoxy) is 1. The minimum Gasteiger partial charge on any atom is -0.438 e. The lowest BCUT2D eigenvalue weighted by atomic mass is 10.1. The number of benzene rings is 3. The molecule has 1 aliphatic rings. The van der Waals surface area contributed by atoms with E-state index >= 15 is 0 Å². The number of aromatic nitrogens is 2. The number of nitrogens with zero attached hydrogens (tertiary/aromatic N) is 4. The smallest absolute Gasteiger partial charge is 0.322 e. The van der Waals surface area contributed by atoms with Crippen molar-refractivity contribution in [3.8, 4) is 11.6 Å². The highest BCUT2D eigenvalue weighted by Crippen LogP contribution is 2.33. The van der Waals surface area contributed by atoms with E-state index in [0.717, 1.165) is 28.3 Å². The van der Waals surface area contributed by atoms with Crippen LogP contribution in [0.25, 0.3) is 0 Å². The molecule has 4 aromatic rings. The first-order valence-corrected chi connectivity index (χ1v) is 12.1. The molecule has 1 aliphatic heterocycles. The Morgan fingerprint density at radius 3 is 2.42 bits per heavy atom. The van der Waals surface area contributed by atoms with Crippen LogP contribution in [0.4, 0.5) is 16.4 Å². The van der Waals surface area contributed by atoms with Gasteiger partial charge in [-0.15, -0.1) is 0 Å². The van der Waals surface area contributed by atoms with Gasteiger partial charge in [-0.05, 0) is 36.2 Å². The normalized spacial score (nSPS) is 12.6. The van der Waals surface area contributed by atoms with Gasteiger partial charge >= 0.3 is 6.03 Å². The van der Waals surface area contributed by atoms with E-state index < -0.39 is 0 Å². The molecule has 0 saturated heterocycles. The van der Waals surface area contributed by atoms with Crippen molar-refractivity contribution in [3.05, 3.63) is 107 Å². The summed E-state index contributed by atoms with van der Waals surface area (Å²) < 4.78 is 6.36. The molecular weight excluding hydrogens is 450 g/mol. The lowest BCUT2D eigenvalue weighted by Crippen LogP contribution is -2.39. The van der Waals surface area contributed by atoms with E-state index in [-0.39, 0.29) is 6.03 Å². The topological polar surface area (TPSA) is 70.6 Å². The van der Waals surface area contributed by atoms with Gasteiger partial charge in [-0.1, -0.05) is 66.7 Å². The van der Waals surface area contributed by atoms with Crippen LogP contribution in [0.1, 0.15) is 22.4 Å². The van der Waals surface area contributed by atoms with Crippen LogP contribution in [0.3, 0.4) is 0 Å². The average Bonchev–Trinajstić information content (AvgIpc) is 2.90. The van der Waals surface area contributed by atoms with Crippen molar-refractivity contribution >= 4 is 17.7 Å². The number of aryl methyl sites for hydroxylation is 1. The monoisotopic (exact) mass is 479 g/mol. The standard InChI is InChI=1S/C29H29N5O2/c1-21-11-9-10-16-26(21)36-27-24-20-34(29(35)30-23-14-7-4-8-15-23)18-17-25(24)31-28(32-27)33(2)19-22-12-5-3-6-13-22/h3-16H,17-20H2,1-2H3,(H,30,35). The molecule has 0 atom stereocenters. The fraction of sp³-hybridized carbons (Fsp3) is 0.207. The van der Waals surface area contributed by atoms with Gasteiger partial charge in [0.25, 0.3) is 0 Å². The van der Waals surface area contributed by atoms with Crippen LogP contribution in [0.15, 0.2) is 84.9 Å². The van der Waals surface area contributed by atoms with Gasteiger partial charge in [-0.25, -0.2) is 9.78 Å². The molecule has 0 saturated carbocycles. The van der Waals surface area contributed by atoms with Crippen LogP contribution in [0, 0.1) is 6.92 Å². The van der Waals surface area contributed by atoms with Crippen LogP contribution < -0.4 is 15.0 Å². The molecule has 7 heteroatoms. The summed E-state index contributed by atoms with van der Waals surface area (Å²) in [6, 6.07) is 27.4. The number of carbonyl (C=O) groups excluding carboxylic acids is 1. The average molecular weight is 480 g/mol. The summed E-state index contributed by atoms with van der Waals surface area (Å²) in [5.74, 6) is 1.82. The van der Waals surface area contributed by atoms with Gasteiger partial charge in [-0.2, -0.15) is 4.98 Å². The Balaban J connectivity index is 1.44. The van der Waals surface area contributed by atoms with Gasteiger partial charge in [0, 0.05) is 32.2 Å². The zero-order valence-corrected chi connectivity index (χ0v) is 20.5. The van der Waals surface area contributed by atoms with Crippen LogP contribution in [-0.2, 0) is 19.5 Å². The molecule has 0 unspecified atom stereocenters. The Morgan fingerprint density at radius 1 is 0.972 bits per heavy atom. The zero-order chi connectivity index (χ0) is 24.9. The molecule has 0 bridgehead atoms. The molecule has 0 aliphatic carbocycles. The van der Waals surface area contributed by atoms with E-state index in [9.17, 15) is 4.79 Å². The number of amides is 2. The SMILES string of the molecule is Cc1ccccc1Oc1nc(N(C)Cc2ccccc2)nc2c1CN(C(=O)Nc1ccccc1)CC2. The van der Waals surface area contributed by atoms with Gasteiger partial charge in [0.05, 0.1) is 17.8 Å². The van der Waals surface area contributed by atoms with Gasteiger partial charge in [0.2, 0.25) is 11.8 Å². The molecule has 7 nitrogen and oxygen atoms in total. The highest BCUT2D eigenvalue weighted by Gasteiger charge is 2.27. The molecule has 2 heterocycles. The molecule has 3 aromatic carbocycles. The van der Waals surface area contributed by atoms with Crippen LogP contribution in [0.2, 0.25) is 0 Å². The molecule has 0 spiro atoms. The fourth-order valence-electron chi connectivity index (χ4n) is 4.23. The summed E-state index contributed by atoms with van der Waals surface area (Å²) in [4.78, 5) is 26.5. The molecule has 5 rings (SSSR count). The van der Waals surface area contributed by atoms with Gasteiger partial charge in [0.15, 0.2) is 0 Å². The predicted molar refractivity (Wildman–Crippen MR) is 141 cm³/mol. The molecule has 2 amide bonds. The maximum absolute atomic E-state index is 13.0. The van der Waals surface area contributed by atoms with Crippen molar-refractivity contribution in [3.63, 3.8) is 0 Å². The summed E-state index contributed by atoms with van der Waals surface area (Å²) in [6.45, 7) is 3.62. The highest BCUT2D eigenvalue weighted by atomic mass is 16.5. The van der Waals surface area contributed by atoms with Gasteiger partial charge in [0.1, 0.15) is 5.75 Å². The van der Waals surface area contributed by atoms with E-state index in [2.05, 4.69) is 17.4 Å². The maximum Gasteiger partial charge on any atom is 0.322 e. The van der Waals surface area contributed by atoms with Crippen molar-refractivity contribution < 1.29 is 9.53 Å². The number of para-hydroxylation sites is 2. The zero-order valence-electron chi connectivity index (χ0n) is 20.5. The fourth-order valence-corrected chi connectivity index (χ4v) is 4.23. The first-order valence-electron chi connectivity index (χ1n) is 12.1. The number of hydrogen-bond donors (Lipinski definition) is 1. The van der Waals surface area contributed by atoms with Crippen molar-refractivity contribution in [2.75, 3.05) is 23.8 Å². The number of fused-ring (bicyclic) bond motifs is 1. The second kappa shape index (κ2) is 10.5. The van der Waals surface area contributed by atoms with Crippen molar-refractivity contribution in [2.24, 2.45) is 0 Å². The third-order valence-corrected chi connectivity index (χ3v) is 6.23. The molecule has 1 N–H and O–H groups in total. The van der Waals surface area contributed by atoms with Crippen molar-refractivity contribution in [1.29, 1.82) is 0 Å². The number of urea groups is 1. The van der Waals surface area contributed by atoms with Gasteiger partial charge < -0.3 is 19.9 Å². The summed E-state index contributed by atoms with van der Waals surface area (Å²) in [5, 5.41) is 2.97. The second-order valence-electron chi connectivity index (χ2n) is 8.93. The van der Waals surface area contributed by atoms with Gasteiger partial charge in [-0.3, -0.25) is 0 Å². The number of hydrogen-bond acceptors (Lipinski definition) is 5. The number of carbonyl (C=O) groups is 1. The Bertz CT molecular complexity index is 1340. The summed E-state index contributed by atoms with van der Waals surface area (Å²) in [5.41, 5.74) is 4.70.